The molecule has 2 aromatic carbocycles. The molecule has 3 rings (SSSR count). The summed E-state index contributed by atoms with van der Waals surface area (Å²) in [4.78, 5) is 0. The predicted molar refractivity (Wildman–Crippen MR) is 97.0 cm³/mol. The van der Waals surface area contributed by atoms with Crippen LogP contribution in [-0.4, -0.2) is 27.3 Å². The number of hydrogen-bond acceptors (Lipinski definition) is 5. The number of hydrogen-bond donors (Lipinski definition) is 0. The molecule has 128 valence electrons. The maximum Gasteiger partial charge on any atom is 0.211 e. The molecule has 0 aliphatic rings. The van der Waals surface area contributed by atoms with Crippen molar-refractivity contribution in [3.05, 3.63) is 70.8 Å². The van der Waals surface area contributed by atoms with E-state index in [1.807, 2.05) is 36.6 Å². The van der Waals surface area contributed by atoms with Crippen LogP contribution in [0.2, 0.25) is 5.02 Å². The summed E-state index contributed by atoms with van der Waals surface area (Å²) in [6, 6.07) is 13.8. The van der Waals surface area contributed by atoms with Gasteiger partial charge in [0.1, 0.15) is 18.2 Å². The fourth-order valence-electron chi connectivity index (χ4n) is 2.04. The Balaban J connectivity index is 1.85. The van der Waals surface area contributed by atoms with E-state index in [4.69, 9.17) is 16.3 Å². The van der Waals surface area contributed by atoms with Crippen molar-refractivity contribution in [1.82, 2.24) is 14.9 Å². The Hall–Kier alpha value is -2.38. The average molecular weight is 377 g/mol. The topological polar surface area (TPSA) is 52.3 Å². The van der Waals surface area contributed by atoms with Crippen molar-refractivity contribution < 1.29 is 9.13 Å². The summed E-state index contributed by atoms with van der Waals surface area (Å²) in [7, 11) is 0. The molecule has 25 heavy (non-hydrogen) atoms. The zero-order chi connectivity index (χ0) is 17.6. The average Bonchev–Trinajstić information content (AvgIpc) is 3.02. The van der Waals surface area contributed by atoms with Crippen LogP contribution in [0.3, 0.4) is 0 Å². The molecule has 0 bridgehead atoms. The number of benzene rings is 2. The monoisotopic (exact) mass is 376 g/mol. The minimum absolute atomic E-state index is 0.180. The van der Waals surface area contributed by atoms with Gasteiger partial charge in [-0.05, 0) is 30.5 Å². The van der Waals surface area contributed by atoms with Crippen molar-refractivity contribution in [2.45, 2.75) is 11.8 Å². The third-order valence-electron chi connectivity index (χ3n) is 3.27. The Bertz CT molecular complexity index is 865. The van der Waals surface area contributed by atoms with Gasteiger partial charge in [-0.3, -0.25) is 0 Å². The SMILES string of the molecule is CSc1nnc(COc2ccccc2)n1/N=C\c1c(F)cccc1Cl. The second-order valence-electron chi connectivity index (χ2n) is 4.90. The molecular formula is C17H14ClFN4OS. The zero-order valence-corrected chi connectivity index (χ0v) is 14.8. The maximum atomic E-state index is 13.9. The zero-order valence-electron chi connectivity index (χ0n) is 13.3. The molecule has 0 radical (unpaired) electrons. The highest BCUT2D eigenvalue weighted by atomic mass is 35.5. The van der Waals surface area contributed by atoms with Gasteiger partial charge in [0.2, 0.25) is 5.16 Å². The van der Waals surface area contributed by atoms with Crippen LogP contribution in [0.1, 0.15) is 11.4 Å². The van der Waals surface area contributed by atoms with Gasteiger partial charge in [0, 0.05) is 5.56 Å². The standard InChI is InChI=1S/C17H14ClFN4OS/c1-25-17-22-21-16(11-24-12-6-3-2-4-7-12)23(17)20-10-13-14(18)8-5-9-15(13)19/h2-10H,11H2,1H3/b20-10-. The van der Waals surface area contributed by atoms with E-state index < -0.39 is 5.82 Å². The highest BCUT2D eigenvalue weighted by Gasteiger charge is 2.12. The number of halogens is 2. The highest BCUT2D eigenvalue weighted by Crippen LogP contribution is 2.19. The van der Waals surface area contributed by atoms with Crippen LogP contribution in [0.4, 0.5) is 4.39 Å². The Morgan fingerprint density at radius 2 is 2.00 bits per heavy atom. The van der Waals surface area contributed by atoms with Crippen LogP contribution < -0.4 is 4.74 Å². The van der Waals surface area contributed by atoms with Crippen LogP contribution in [-0.2, 0) is 6.61 Å². The van der Waals surface area contributed by atoms with Crippen molar-refractivity contribution in [3.8, 4) is 5.75 Å². The van der Waals surface area contributed by atoms with E-state index in [9.17, 15) is 4.39 Å². The second-order valence-corrected chi connectivity index (χ2v) is 6.08. The van der Waals surface area contributed by atoms with Crippen LogP contribution in [0.15, 0.2) is 58.8 Å². The lowest BCUT2D eigenvalue weighted by molar-refractivity contribution is 0.290. The normalized spacial score (nSPS) is 11.2. The van der Waals surface area contributed by atoms with Gasteiger partial charge in [-0.25, -0.2) is 4.39 Å². The molecule has 1 heterocycles. The molecule has 0 spiro atoms. The number of thioether (sulfide) groups is 1. The Kier molecular flexibility index (Phi) is 5.67. The van der Waals surface area contributed by atoms with Gasteiger partial charge >= 0.3 is 0 Å². The summed E-state index contributed by atoms with van der Waals surface area (Å²) in [5, 5.41) is 13.3. The first-order valence-electron chi connectivity index (χ1n) is 7.33. The summed E-state index contributed by atoms with van der Waals surface area (Å²) >= 11 is 7.40. The third-order valence-corrected chi connectivity index (χ3v) is 4.22. The van der Waals surface area contributed by atoms with Crippen molar-refractivity contribution in [2.75, 3.05) is 6.26 Å². The molecule has 8 heteroatoms. The number of ether oxygens (including phenoxy) is 1. The molecule has 5 nitrogen and oxygen atoms in total. The van der Waals surface area contributed by atoms with Gasteiger partial charge in [-0.2, -0.15) is 9.78 Å². The van der Waals surface area contributed by atoms with E-state index >= 15 is 0 Å². The molecule has 0 N–H and O–H groups in total. The molecular weight excluding hydrogens is 363 g/mol. The molecule has 0 saturated heterocycles. The lowest BCUT2D eigenvalue weighted by Crippen LogP contribution is -2.05. The summed E-state index contributed by atoms with van der Waals surface area (Å²) in [6.07, 6.45) is 3.21. The fraction of sp³-hybridized carbons (Fsp3) is 0.118. The van der Waals surface area contributed by atoms with Crippen LogP contribution in [0, 0.1) is 5.82 Å². The molecule has 0 aliphatic carbocycles. The summed E-state index contributed by atoms with van der Waals surface area (Å²) in [5.41, 5.74) is 0.208. The molecule has 0 amide bonds. The van der Waals surface area contributed by atoms with Crippen molar-refractivity contribution in [1.29, 1.82) is 0 Å². The quantitative estimate of drug-likeness (QED) is 0.476. The number of para-hydroxylation sites is 1. The molecule has 0 atom stereocenters. The molecule has 0 aliphatic heterocycles. The molecule has 0 saturated carbocycles. The van der Waals surface area contributed by atoms with Gasteiger partial charge in [-0.1, -0.05) is 47.6 Å². The summed E-state index contributed by atoms with van der Waals surface area (Å²) < 4.78 is 21.1. The minimum atomic E-state index is -0.447. The summed E-state index contributed by atoms with van der Waals surface area (Å²) in [5.74, 6) is 0.762. The largest absolute Gasteiger partial charge is 0.486 e. The molecule has 0 unspecified atom stereocenters. The van der Waals surface area contributed by atoms with E-state index in [1.165, 1.54) is 28.7 Å². The Morgan fingerprint density at radius 1 is 1.20 bits per heavy atom. The number of rotatable bonds is 6. The van der Waals surface area contributed by atoms with E-state index in [1.54, 1.807) is 12.1 Å². The number of aromatic nitrogens is 3. The smallest absolute Gasteiger partial charge is 0.211 e. The van der Waals surface area contributed by atoms with E-state index in [0.29, 0.717) is 16.7 Å². The van der Waals surface area contributed by atoms with Gasteiger partial charge in [0.15, 0.2) is 5.82 Å². The first-order chi connectivity index (χ1) is 12.2. The van der Waals surface area contributed by atoms with Gasteiger partial charge in [0.05, 0.1) is 11.2 Å². The third kappa shape index (κ3) is 4.18. The van der Waals surface area contributed by atoms with Crippen molar-refractivity contribution in [2.24, 2.45) is 5.10 Å². The maximum absolute atomic E-state index is 13.9. The van der Waals surface area contributed by atoms with E-state index in [0.717, 1.165) is 0 Å². The van der Waals surface area contributed by atoms with E-state index in [-0.39, 0.29) is 17.2 Å². The lowest BCUT2D eigenvalue weighted by atomic mass is 10.2. The first kappa shape index (κ1) is 17.4. The number of nitrogens with zero attached hydrogens (tertiary/aromatic N) is 4. The van der Waals surface area contributed by atoms with Crippen molar-refractivity contribution >= 4 is 29.6 Å². The van der Waals surface area contributed by atoms with Crippen LogP contribution in [0.25, 0.3) is 0 Å². The van der Waals surface area contributed by atoms with Crippen LogP contribution >= 0.6 is 23.4 Å². The van der Waals surface area contributed by atoms with Crippen molar-refractivity contribution in [3.63, 3.8) is 0 Å². The predicted octanol–water partition coefficient (Wildman–Crippen LogP) is 4.25. The second kappa shape index (κ2) is 8.13. The van der Waals surface area contributed by atoms with Crippen LogP contribution in [0.5, 0.6) is 5.75 Å². The fourth-order valence-corrected chi connectivity index (χ4v) is 2.70. The molecule has 1 aromatic heterocycles. The van der Waals surface area contributed by atoms with E-state index in [2.05, 4.69) is 15.3 Å². The molecule has 0 fully saturated rings. The first-order valence-corrected chi connectivity index (χ1v) is 8.94. The summed E-state index contributed by atoms with van der Waals surface area (Å²) in [6.45, 7) is 0.180. The Morgan fingerprint density at radius 3 is 2.72 bits per heavy atom. The highest BCUT2D eigenvalue weighted by molar-refractivity contribution is 7.98. The van der Waals surface area contributed by atoms with Gasteiger partial charge < -0.3 is 4.74 Å². The minimum Gasteiger partial charge on any atom is -0.486 e. The van der Waals surface area contributed by atoms with Gasteiger partial charge in [-0.15, -0.1) is 10.2 Å². The van der Waals surface area contributed by atoms with Gasteiger partial charge in [0.25, 0.3) is 0 Å². The molecule has 3 aromatic rings. The lowest BCUT2D eigenvalue weighted by Gasteiger charge is -2.06. The Labute approximate surface area is 153 Å².